The minimum atomic E-state index is -0.590. The second-order valence-electron chi connectivity index (χ2n) is 5.70. The van der Waals surface area contributed by atoms with Gasteiger partial charge in [-0.1, -0.05) is 12.8 Å². The summed E-state index contributed by atoms with van der Waals surface area (Å²) in [7, 11) is 0. The molecule has 17 heavy (non-hydrogen) atoms. The fraction of sp³-hybridized carbons (Fsp3) is 0.917. The highest BCUT2D eigenvalue weighted by Gasteiger charge is 2.42. The lowest BCUT2D eigenvalue weighted by atomic mass is 9.95. The van der Waals surface area contributed by atoms with Crippen LogP contribution >= 0.6 is 12.4 Å². The van der Waals surface area contributed by atoms with Crippen molar-refractivity contribution >= 4 is 18.3 Å². The molecule has 1 aliphatic carbocycles. The SMILES string of the molecule is CC1(C)CN(C(=O)C2(N)CCCC2)CCO1.Cl. The van der Waals surface area contributed by atoms with Crippen LogP contribution in [-0.2, 0) is 9.53 Å². The lowest BCUT2D eigenvalue weighted by Gasteiger charge is -2.41. The predicted octanol–water partition coefficient (Wildman–Crippen LogP) is 1.32. The van der Waals surface area contributed by atoms with E-state index in [0.29, 0.717) is 19.7 Å². The van der Waals surface area contributed by atoms with Gasteiger partial charge in [0.1, 0.15) is 0 Å². The highest BCUT2D eigenvalue weighted by Crippen LogP contribution is 2.30. The number of hydrogen-bond donors (Lipinski definition) is 1. The molecule has 1 heterocycles. The summed E-state index contributed by atoms with van der Waals surface area (Å²) in [6, 6.07) is 0. The minimum Gasteiger partial charge on any atom is -0.372 e. The molecular weight excluding hydrogens is 240 g/mol. The molecule has 2 aliphatic rings. The molecule has 1 aliphatic heterocycles. The molecule has 0 aromatic rings. The zero-order valence-electron chi connectivity index (χ0n) is 10.7. The number of nitrogens with zero attached hydrogens (tertiary/aromatic N) is 1. The van der Waals surface area contributed by atoms with Crippen LogP contribution in [0.1, 0.15) is 39.5 Å². The van der Waals surface area contributed by atoms with Crippen molar-refractivity contribution in [1.82, 2.24) is 4.90 Å². The smallest absolute Gasteiger partial charge is 0.242 e. The fourth-order valence-electron chi connectivity index (χ4n) is 2.72. The van der Waals surface area contributed by atoms with Crippen molar-refractivity contribution in [3.63, 3.8) is 0 Å². The van der Waals surface area contributed by atoms with Gasteiger partial charge in [0.05, 0.1) is 17.7 Å². The van der Waals surface area contributed by atoms with Gasteiger partial charge in [-0.2, -0.15) is 0 Å². The molecule has 0 atom stereocenters. The Morgan fingerprint density at radius 2 is 1.88 bits per heavy atom. The molecule has 2 rings (SSSR count). The molecule has 0 radical (unpaired) electrons. The van der Waals surface area contributed by atoms with E-state index in [-0.39, 0.29) is 23.9 Å². The third-order valence-electron chi connectivity index (χ3n) is 3.63. The monoisotopic (exact) mass is 262 g/mol. The van der Waals surface area contributed by atoms with Gasteiger partial charge < -0.3 is 15.4 Å². The molecule has 0 unspecified atom stereocenters. The van der Waals surface area contributed by atoms with Gasteiger partial charge in [0.25, 0.3) is 0 Å². The summed E-state index contributed by atoms with van der Waals surface area (Å²) in [5, 5.41) is 0. The molecule has 4 nitrogen and oxygen atoms in total. The number of rotatable bonds is 1. The average molecular weight is 263 g/mol. The second kappa shape index (κ2) is 5.12. The van der Waals surface area contributed by atoms with Crippen molar-refractivity contribution in [2.45, 2.75) is 50.7 Å². The highest BCUT2D eigenvalue weighted by molar-refractivity contribution is 5.86. The van der Waals surface area contributed by atoms with Crippen molar-refractivity contribution in [1.29, 1.82) is 0 Å². The summed E-state index contributed by atoms with van der Waals surface area (Å²) < 4.78 is 5.61. The van der Waals surface area contributed by atoms with Crippen LogP contribution in [0.4, 0.5) is 0 Å². The van der Waals surface area contributed by atoms with Crippen molar-refractivity contribution in [2.24, 2.45) is 5.73 Å². The van der Waals surface area contributed by atoms with E-state index < -0.39 is 5.54 Å². The first-order valence-electron chi connectivity index (χ1n) is 6.15. The van der Waals surface area contributed by atoms with Gasteiger partial charge >= 0.3 is 0 Å². The molecule has 0 aromatic carbocycles. The molecule has 1 saturated carbocycles. The molecule has 100 valence electrons. The van der Waals surface area contributed by atoms with Gasteiger partial charge in [-0.3, -0.25) is 4.79 Å². The van der Waals surface area contributed by atoms with Gasteiger partial charge in [-0.05, 0) is 26.7 Å². The van der Waals surface area contributed by atoms with E-state index in [0.717, 1.165) is 25.7 Å². The fourth-order valence-corrected chi connectivity index (χ4v) is 2.72. The largest absolute Gasteiger partial charge is 0.372 e. The Balaban J connectivity index is 0.00000144. The Bertz CT molecular complexity index is 288. The summed E-state index contributed by atoms with van der Waals surface area (Å²) in [5.74, 6) is 0.126. The number of halogens is 1. The van der Waals surface area contributed by atoms with Crippen LogP contribution in [0.15, 0.2) is 0 Å². The summed E-state index contributed by atoms with van der Waals surface area (Å²) in [5.41, 5.74) is 5.37. The van der Waals surface area contributed by atoms with Crippen LogP contribution in [0.2, 0.25) is 0 Å². The highest BCUT2D eigenvalue weighted by atomic mass is 35.5. The van der Waals surface area contributed by atoms with Crippen molar-refractivity contribution in [3.8, 4) is 0 Å². The third kappa shape index (κ3) is 3.12. The first-order chi connectivity index (χ1) is 7.43. The van der Waals surface area contributed by atoms with Gasteiger partial charge in [0.2, 0.25) is 5.91 Å². The average Bonchev–Trinajstić information content (AvgIpc) is 2.64. The van der Waals surface area contributed by atoms with Gasteiger partial charge in [-0.15, -0.1) is 12.4 Å². The summed E-state index contributed by atoms with van der Waals surface area (Å²) >= 11 is 0. The Kier molecular flexibility index (Phi) is 4.44. The van der Waals surface area contributed by atoms with Gasteiger partial charge in [0, 0.05) is 13.1 Å². The minimum absolute atomic E-state index is 0. The molecule has 0 aromatic heterocycles. The van der Waals surface area contributed by atoms with E-state index in [4.69, 9.17) is 10.5 Å². The van der Waals surface area contributed by atoms with E-state index >= 15 is 0 Å². The number of ether oxygens (including phenoxy) is 1. The molecule has 2 fully saturated rings. The topological polar surface area (TPSA) is 55.6 Å². The number of morpholine rings is 1. The summed E-state index contributed by atoms with van der Waals surface area (Å²) in [6.45, 7) is 6.00. The lowest BCUT2D eigenvalue weighted by Crippen LogP contribution is -2.59. The normalized spacial score (nSPS) is 26.4. The van der Waals surface area contributed by atoms with Crippen molar-refractivity contribution in [3.05, 3.63) is 0 Å². The van der Waals surface area contributed by atoms with Gasteiger partial charge in [-0.25, -0.2) is 0 Å². The Morgan fingerprint density at radius 3 is 2.41 bits per heavy atom. The molecular formula is C12H23ClN2O2. The molecule has 1 saturated heterocycles. The Hall–Kier alpha value is -0.320. The molecule has 1 amide bonds. The maximum atomic E-state index is 12.4. The quantitative estimate of drug-likeness (QED) is 0.775. The van der Waals surface area contributed by atoms with E-state index in [1.807, 2.05) is 18.7 Å². The van der Waals surface area contributed by atoms with Crippen LogP contribution < -0.4 is 5.73 Å². The van der Waals surface area contributed by atoms with Crippen LogP contribution in [-0.4, -0.2) is 41.6 Å². The Morgan fingerprint density at radius 1 is 1.29 bits per heavy atom. The number of nitrogens with two attached hydrogens (primary N) is 1. The lowest BCUT2D eigenvalue weighted by molar-refractivity contribution is -0.151. The Labute approximate surface area is 109 Å². The second-order valence-corrected chi connectivity index (χ2v) is 5.70. The summed E-state index contributed by atoms with van der Waals surface area (Å²) in [4.78, 5) is 14.2. The number of hydrogen-bond acceptors (Lipinski definition) is 3. The van der Waals surface area contributed by atoms with E-state index in [2.05, 4.69) is 0 Å². The van der Waals surface area contributed by atoms with E-state index in [1.54, 1.807) is 0 Å². The molecule has 0 spiro atoms. The number of amides is 1. The third-order valence-corrected chi connectivity index (χ3v) is 3.63. The maximum absolute atomic E-state index is 12.4. The number of carbonyl (C=O) groups is 1. The van der Waals surface area contributed by atoms with Crippen LogP contribution in [0, 0.1) is 0 Å². The van der Waals surface area contributed by atoms with Crippen LogP contribution in [0.25, 0.3) is 0 Å². The maximum Gasteiger partial charge on any atom is 0.242 e. The summed E-state index contributed by atoms with van der Waals surface area (Å²) in [6.07, 6.45) is 3.83. The van der Waals surface area contributed by atoms with Crippen LogP contribution in [0.5, 0.6) is 0 Å². The molecule has 0 bridgehead atoms. The molecule has 5 heteroatoms. The zero-order chi connectivity index (χ0) is 11.8. The standard InChI is InChI=1S/C12H22N2O2.ClH/c1-11(2)9-14(7-8-16-11)10(15)12(13)5-3-4-6-12;/h3-9,13H2,1-2H3;1H. The van der Waals surface area contributed by atoms with Crippen molar-refractivity contribution < 1.29 is 9.53 Å². The van der Waals surface area contributed by atoms with Gasteiger partial charge in [0.15, 0.2) is 0 Å². The molecule has 2 N–H and O–H groups in total. The zero-order valence-corrected chi connectivity index (χ0v) is 11.5. The first-order valence-corrected chi connectivity index (χ1v) is 6.15. The first kappa shape index (κ1) is 14.7. The predicted molar refractivity (Wildman–Crippen MR) is 69.2 cm³/mol. The van der Waals surface area contributed by atoms with Crippen LogP contribution in [0.3, 0.4) is 0 Å². The van der Waals surface area contributed by atoms with E-state index in [9.17, 15) is 4.79 Å². The van der Waals surface area contributed by atoms with E-state index in [1.165, 1.54) is 0 Å². The number of carbonyl (C=O) groups excluding carboxylic acids is 1. The van der Waals surface area contributed by atoms with Crippen molar-refractivity contribution in [2.75, 3.05) is 19.7 Å².